The number of amides is 1. The number of likely N-dealkylation sites (N-methyl/N-ethyl adjacent to an activating group) is 1. The van der Waals surface area contributed by atoms with Crippen LogP contribution in [0.3, 0.4) is 0 Å². The van der Waals surface area contributed by atoms with Crippen molar-refractivity contribution >= 4 is 5.91 Å². The van der Waals surface area contributed by atoms with Crippen molar-refractivity contribution in [3.8, 4) is 0 Å². The first-order valence-corrected chi connectivity index (χ1v) is 5.38. The van der Waals surface area contributed by atoms with Gasteiger partial charge in [0.25, 0.3) is 6.43 Å². The minimum absolute atomic E-state index is 0.198. The highest BCUT2D eigenvalue weighted by molar-refractivity contribution is 5.84. The summed E-state index contributed by atoms with van der Waals surface area (Å²) in [6.07, 6.45) is -0.369. The summed E-state index contributed by atoms with van der Waals surface area (Å²) in [6.45, 7) is 1.51. The zero-order valence-electron chi connectivity index (χ0n) is 9.67. The van der Waals surface area contributed by atoms with Gasteiger partial charge in [0.05, 0.1) is 6.54 Å². The summed E-state index contributed by atoms with van der Waals surface area (Å²) in [6, 6.07) is 0.303. The van der Waals surface area contributed by atoms with Crippen LogP contribution in [-0.2, 0) is 4.79 Å². The molecular weight excluding hydrogens is 216 g/mol. The maximum atomic E-state index is 12.2. The molecule has 1 saturated carbocycles. The van der Waals surface area contributed by atoms with Crippen LogP contribution >= 0.6 is 0 Å². The van der Waals surface area contributed by atoms with E-state index in [9.17, 15) is 13.6 Å². The summed E-state index contributed by atoms with van der Waals surface area (Å²) < 4.78 is 24.3. The van der Waals surface area contributed by atoms with Gasteiger partial charge >= 0.3 is 0 Å². The topological polar surface area (TPSA) is 58.4 Å². The van der Waals surface area contributed by atoms with Crippen molar-refractivity contribution in [1.82, 2.24) is 10.2 Å². The number of carbonyl (C=O) groups is 1. The average Bonchev–Trinajstić information content (AvgIpc) is 2.85. The second-order valence-corrected chi connectivity index (χ2v) is 4.70. The van der Waals surface area contributed by atoms with Crippen LogP contribution in [0, 0.1) is 0 Å². The predicted molar refractivity (Wildman–Crippen MR) is 57.3 cm³/mol. The molecule has 0 aromatic rings. The molecule has 1 amide bonds. The minimum atomic E-state index is -2.40. The fourth-order valence-electron chi connectivity index (χ4n) is 1.71. The van der Waals surface area contributed by atoms with Crippen LogP contribution in [0.15, 0.2) is 0 Å². The number of nitrogens with one attached hydrogen (secondary N) is 1. The molecule has 1 aliphatic rings. The molecule has 94 valence electrons. The standard InChI is InChI=1S/C10H19F2N3O/c1-10(9(13)16,14-7-3-4-7)6-15(2)5-8(11)12/h7-8,14H,3-6H2,1-2H3,(H2,13,16). The lowest BCUT2D eigenvalue weighted by molar-refractivity contribution is -0.124. The molecule has 0 spiro atoms. The van der Waals surface area contributed by atoms with E-state index in [0.29, 0.717) is 6.04 Å². The number of primary amides is 1. The number of nitrogens with zero attached hydrogens (tertiary/aromatic N) is 1. The Bertz CT molecular complexity index is 258. The van der Waals surface area contributed by atoms with Gasteiger partial charge < -0.3 is 5.73 Å². The molecule has 3 N–H and O–H groups in total. The average molecular weight is 235 g/mol. The second kappa shape index (κ2) is 5.05. The van der Waals surface area contributed by atoms with Crippen LogP contribution in [0.5, 0.6) is 0 Å². The Kier molecular flexibility index (Phi) is 4.21. The lowest BCUT2D eigenvalue weighted by Crippen LogP contribution is -2.60. The summed E-state index contributed by atoms with van der Waals surface area (Å²) in [5.74, 6) is -0.500. The highest BCUT2D eigenvalue weighted by atomic mass is 19.3. The lowest BCUT2D eigenvalue weighted by Gasteiger charge is -2.32. The molecular formula is C10H19F2N3O. The van der Waals surface area contributed by atoms with E-state index in [4.69, 9.17) is 5.73 Å². The van der Waals surface area contributed by atoms with Gasteiger partial charge in [0.2, 0.25) is 5.91 Å². The molecule has 1 unspecified atom stereocenters. The summed E-state index contributed by atoms with van der Waals surface area (Å²) in [5.41, 5.74) is 4.38. The van der Waals surface area contributed by atoms with Crippen molar-refractivity contribution in [2.45, 2.75) is 37.8 Å². The molecule has 0 aromatic carbocycles. The maximum Gasteiger partial charge on any atom is 0.251 e. The molecule has 1 aliphatic carbocycles. The van der Waals surface area contributed by atoms with E-state index in [1.54, 1.807) is 14.0 Å². The molecule has 4 nitrogen and oxygen atoms in total. The van der Waals surface area contributed by atoms with Crippen molar-refractivity contribution in [2.24, 2.45) is 5.73 Å². The summed E-state index contributed by atoms with van der Waals surface area (Å²) >= 11 is 0. The number of hydrogen-bond acceptors (Lipinski definition) is 3. The van der Waals surface area contributed by atoms with E-state index in [-0.39, 0.29) is 13.1 Å². The van der Waals surface area contributed by atoms with E-state index in [2.05, 4.69) is 5.32 Å². The fraction of sp³-hybridized carbons (Fsp3) is 0.900. The molecule has 0 saturated heterocycles. The van der Waals surface area contributed by atoms with E-state index >= 15 is 0 Å². The predicted octanol–water partition coefficient (Wildman–Crippen LogP) is 0.179. The van der Waals surface area contributed by atoms with Gasteiger partial charge in [-0.1, -0.05) is 0 Å². The number of alkyl halides is 2. The van der Waals surface area contributed by atoms with Crippen LogP contribution < -0.4 is 11.1 Å². The van der Waals surface area contributed by atoms with Gasteiger partial charge in [-0.25, -0.2) is 8.78 Å². The monoisotopic (exact) mass is 235 g/mol. The zero-order chi connectivity index (χ0) is 12.3. The van der Waals surface area contributed by atoms with Crippen LogP contribution in [0.4, 0.5) is 8.78 Å². The molecule has 1 atom stereocenters. The molecule has 0 aromatic heterocycles. The van der Waals surface area contributed by atoms with E-state index < -0.39 is 17.9 Å². The van der Waals surface area contributed by atoms with Gasteiger partial charge in [0.15, 0.2) is 0 Å². The second-order valence-electron chi connectivity index (χ2n) is 4.70. The third-order valence-corrected chi connectivity index (χ3v) is 2.68. The van der Waals surface area contributed by atoms with E-state index in [0.717, 1.165) is 12.8 Å². The van der Waals surface area contributed by atoms with E-state index in [1.165, 1.54) is 4.90 Å². The Morgan fingerprint density at radius 1 is 1.62 bits per heavy atom. The molecule has 0 heterocycles. The first-order valence-electron chi connectivity index (χ1n) is 5.38. The third-order valence-electron chi connectivity index (χ3n) is 2.68. The van der Waals surface area contributed by atoms with Crippen LogP contribution in [-0.4, -0.2) is 49.0 Å². The van der Waals surface area contributed by atoms with Gasteiger partial charge in [0.1, 0.15) is 5.54 Å². The Morgan fingerprint density at radius 2 is 2.19 bits per heavy atom. The molecule has 1 rings (SSSR count). The number of rotatable bonds is 7. The van der Waals surface area contributed by atoms with Crippen molar-refractivity contribution < 1.29 is 13.6 Å². The number of halogens is 2. The quantitative estimate of drug-likeness (QED) is 0.662. The third kappa shape index (κ3) is 4.02. The van der Waals surface area contributed by atoms with Gasteiger partial charge in [0, 0.05) is 12.6 Å². The van der Waals surface area contributed by atoms with Crippen LogP contribution in [0.2, 0.25) is 0 Å². The first-order chi connectivity index (χ1) is 7.33. The SMILES string of the molecule is CN(CC(F)F)CC(C)(NC1CC1)C(N)=O. The molecule has 1 fully saturated rings. The van der Waals surface area contributed by atoms with Gasteiger partial charge in [-0.3, -0.25) is 15.0 Å². The Balaban J connectivity index is 2.51. The number of hydrogen-bond donors (Lipinski definition) is 2. The zero-order valence-corrected chi connectivity index (χ0v) is 9.67. The number of nitrogens with two attached hydrogens (primary N) is 1. The molecule has 16 heavy (non-hydrogen) atoms. The largest absolute Gasteiger partial charge is 0.368 e. The summed E-state index contributed by atoms with van der Waals surface area (Å²) in [4.78, 5) is 12.8. The summed E-state index contributed by atoms with van der Waals surface area (Å²) in [5, 5.41) is 3.11. The maximum absolute atomic E-state index is 12.2. The smallest absolute Gasteiger partial charge is 0.251 e. The van der Waals surface area contributed by atoms with Crippen LogP contribution in [0.25, 0.3) is 0 Å². The first kappa shape index (κ1) is 13.3. The number of carbonyl (C=O) groups excluding carboxylic acids is 1. The highest BCUT2D eigenvalue weighted by Gasteiger charge is 2.38. The Hall–Kier alpha value is -0.750. The van der Waals surface area contributed by atoms with Crippen molar-refractivity contribution in [2.75, 3.05) is 20.1 Å². The lowest BCUT2D eigenvalue weighted by atomic mass is 10.0. The molecule has 0 bridgehead atoms. The Labute approximate surface area is 94.2 Å². The fourth-order valence-corrected chi connectivity index (χ4v) is 1.71. The minimum Gasteiger partial charge on any atom is -0.368 e. The Morgan fingerprint density at radius 3 is 2.56 bits per heavy atom. The van der Waals surface area contributed by atoms with Gasteiger partial charge in [-0.05, 0) is 26.8 Å². The molecule has 0 aliphatic heterocycles. The van der Waals surface area contributed by atoms with E-state index in [1.807, 2.05) is 0 Å². The van der Waals surface area contributed by atoms with Crippen molar-refractivity contribution in [3.63, 3.8) is 0 Å². The van der Waals surface area contributed by atoms with Gasteiger partial charge in [-0.15, -0.1) is 0 Å². The van der Waals surface area contributed by atoms with Crippen molar-refractivity contribution in [3.05, 3.63) is 0 Å². The van der Waals surface area contributed by atoms with Crippen LogP contribution in [0.1, 0.15) is 19.8 Å². The highest BCUT2D eigenvalue weighted by Crippen LogP contribution is 2.22. The normalized spacial score (nSPS) is 20.1. The van der Waals surface area contributed by atoms with Gasteiger partial charge in [-0.2, -0.15) is 0 Å². The summed E-state index contributed by atoms with van der Waals surface area (Å²) in [7, 11) is 1.56. The molecule has 6 heteroatoms. The molecule has 0 radical (unpaired) electrons. The van der Waals surface area contributed by atoms with Crippen molar-refractivity contribution in [1.29, 1.82) is 0 Å².